The van der Waals surface area contributed by atoms with Crippen LogP contribution in [-0.4, -0.2) is 23.7 Å². The number of hydrogen-bond donors (Lipinski definition) is 1. The molecule has 1 aromatic heterocycles. The number of rotatable bonds is 4. The first-order chi connectivity index (χ1) is 8.05. The molecule has 1 aromatic rings. The summed E-state index contributed by atoms with van der Waals surface area (Å²) in [7, 11) is 0. The van der Waals surface area contributed by atoms with Crippen LogP contribution in [0.15, 0.2) is 22.9 Å². The molecule has 0 aromatic carbocycles. The highest BCUT2D eigenvalue weighted by Crippen LogP contribution is 2.44. The van der Waals surface area contributed by atoms with Crippen molar-refractivity contribution >= 4 is 21.6 Å². The van der Waals surface area contributed by atoms with Gasteiger partial charge in [-0.15, -0.1) is 0 Å². The number of ether oxygens (including phenoxy) is 1. The summed E-state index contributed by atoms with van der Waals surface area (Å²) in [6.45, 7) is 7.34. The Morgan fingerprint density at radius 2 is 2.35 bits per heavy atom. The maximum Gasteiger partial charge on any atom is 0.129 e. The van der Waals surface area contributed by atoms with Gasteiger partial charge in [0.25, 0.3) is 0 Å². The molecule has 1 aliphatic rings. The van der Waals surface area contributed by atoms with E-state index in [2.05, 4.69) is 47.0 Å². The van der Waals surface area contributed by atoms with Crippen LogP contribution in [0.25, 0.3) is 0 Å². The fourth-order valence-corrected chi connectivity index (χ4v) is 2.66. The molecule has 3 nitrogen and oxygen atoms in total. The van der Waals surface area contributed by atoms with Crippen molar-refractivity contribution in [2.45, 2.75) is 39.3 Å². The van der Waals surface area contributed by atoms with Crippen LogP contribution in [0.2, 0.25) is 0 Å². The molecule has 0 radical (unpaired) electrons. The molecule has 1 fully saturated rings. The molecule has 94 valence electrons. The zero-order chi connectivity index (χ0) is 12.5. The number of nitrogens with one attached hydrogen (secondary N) is 1. The number of anilines is 1. The maximum absolute atomic E-state index is 5.72. The molecule has 0 saturated heterocycles. The van der Waals surface area contributed by atoms with Crippen molar-refractivity contribution in [3.05, 3.63) is 22.9 Å². The third-order valence-corrected chi connectivity index (χ3v) is 4.27. The monoisotopic (exact) mass is 298 g/mol. The van der Waals surface area contributed by atoms with E-state index >= 15 is 0 Å². The Morgan fingerprint density at radius 3 is 2.94 bits per heavy atom. The SMILES string of the molecule is CCOC1CC(Nc2cccnc2Br)C1(C)C. The second-order valence-corrected chi connectivity index (χ2v) is 5.79. The zero-order valence-corrected chi connectivity index (χ0v) is 12.1. The van der Waals surface area contributed by atoms with Crippen LogP contribution in [0, 0.1) is 5.41 Å². The van der Waals surface area contributed by atoms with Gasteiger partial charge < -0.3 is 10.1 Å². The highest BCUT2D eigenvalue weighted by molar-refractivity contribution is 9.10. The second kappa shape index (κ2) is 4.94. The quantitative estimate of drug-likeness (QED) is 0.865. The first-order valence-electron chi connectivity index (χ1n) is 6.04. The molecular weight excluding hydrogens is 280 g/mol. The molecule has 2 rings (SSSR count). The summed E-state index contributed by atoms with van der Waals surface area (Å²) in [5, 5.41) is 3.54. The van der Waals surface area contributed by atoms with E-state index in [0.717, 1.165) is 23.3 Å². The van der Waals surface area contributed by atoms with E-state index in [1.807, 2.05) is 12.1 Å². The van der Waals surface area contributed by atoms with Gasteiger partial charge in [-0.3, -0.25) is 0 Å². The van der Waals surface area contributed by atoms with Crippen LogP contribution in [-0.2, 0) is 4.74 Å². The Morgan fingerprint density at radius 1 is 1.59 bits per heavy atom. The van der Waals surface area contributed by atoms with Gasteiger partial charge in [-0.1, -0.05) is 13.8 Å². The smallest absolute Gasteiger partial charge is 0.129 e. The van der Waals surface area contributed by atoms with Gasteiger partial charge in [0.15, 0.2) is 0 Å². The zero-order valence-electron chi connectivity index (χ0n) is 10.5. The standard InChI is InChI=1S/C13H19BrN2O/c1-4-17-11-8-10(13(11,2)3)16-9-6-5-7-15-12(9)14/h5-7,10-11,16H,4,8H2,1-3H3. The molecule has 1 heterocycles. The van der Waals surface area contributed by atoms with E-state index in [9.17, 15) is 0 Å². The third kappa shape index (κ3) is 2.47. The first kappa shape index (κ1) is 12.8. The fraction of sp³-hybridized carbons (Fsp3) is 0.615. The molecule has 1 N–H and O–H groups in total. The summed E-state index contributed by atoms with van der Waals surface area (Å²) in [5.41, 5.74) is 1.23. The van der Waals surface area contributed by atoms with Crippen molar-refractivity contribution in [3.8, 4) is 0 Å². The van der Waals surface area contributed by atoms with Gasteiger partial charge in [-0.05, 0) is 41.4 Å². The number of nitrogens with zero attached hydrogens (tertiary/aromatic N) is 1. The van der Waals surface area contributed by atoms with Crippen LogP contribution in [0.4, 0.5) is 5.69 Å². The van der Waals surface area contributed by atoms with E-state index in [4.69, 9.17) is 4.74 Å². The molecular formula is C13H19BrN2O. The first-order valence-corrected chi connectivity index (χ1v) is 6.83. The lowest BCUT2D eigenvalue weighted by Gasteiger charge is -2.52. The lowest BCUT2D eigenvalue weighted by Crippen LogP contribution is -2.58. The maximum atomic E-state index is 5.72. The highest BCUT2D eigenvalue weighted by atomic mass is 79.9. The van der Waals surface area contributed by atoms with Crippen LogP contribution in [0.5, 0.6) is 0 Å². The summed E-state index contributed by atoms with van der Waals surface area (Å²) < 4.78 is 6.59. The molecule has 4 heteroatoms. The Labute approximate surface area is 111 Å². The van der Waals surface area contributed by atoms with E-state index in [1.54, 1.807) is 6.20 Å². The molecule has 2 atom stereocenters. The van der Waals surface area contributed by atoms with Crippen molar-refractivity contribution in [2.75, 3.05) is 11.9 Å². The van der Waals surface area contributed by atoms with Crippen LogP contribution in [0.1, 0.15) is 27.2 Å². The Bertz CT molecular complexity index is 395. The van der Waals surface area contributed by atoms with Gasteiger partial charge in [0.2, 0.25) is 0 Å². The summed E-state index contributed by atoms with van der Waals surface area (Å²) in [5.74, 6) is 0. The van der Waals surface area contributed by atoms with Gasteiger partial charge in [-0.2, -0.15) is 0 Å². The van der Waals surface area contributed by atoms with Gasteiger partial charge in [-0.25, -0.2) is 4.98 Å². The average molecular weight is 299 g/mol. The van der Waals surface area contributed by atoms with Crippen LogP contribution < -0.4 is 5.32 Å². The average Bonchev–Trinajstić information content (AvgIpc) is 2.30. The lowest BCUT2D eigenvalue weighted by atomic mass is 9.64. The predicted molar refractivity (Wildman–Crippen MR) is 73.2 cm³/mol. The molecule has 0 aliphatic heterocycles. The Kier molecular flexibility index (Phi) is 3.73. The van der Waals surface area contributed by atoms with Crippen LogP contribution >= 0.6 is 15.9 Å². The van der Waals surface area contributed by atoms with Gasteiger partial charge >= 0.3 is 0 Å². The van der Waals surface area contributed by atoms with Crippen LogP contribution in [0.3, 0.4) is 0 Å². The largest absolute Gasteiger partial charge is 0.379 e. The van der Waals surface area contributed by atoms with E-state index in [1.165, 1.54) is 0 Å². The number of hydrogen-bond acceptors (Lipinski definition) is 3. The fourth-order valence-electron chi connectivity index (χ4n) is 2.30. The number of pyridine rings is 1. The Balaban J connectivity index is 2.01. The molecule has 1 aliphatic carbocycles. The summed E-state index contributed by atoms with van der Waals surface area (Å²) in [6.07, 6.45) is 3.20. The minimum absolute atomic E-state index is 0.172. The van der Waals surface area contributed by atoms with Crippen molar-refractivity contribution < 1.29 is 4.74 Å². The molecule has 2 unspecified atom stereocenters. The molecule has 1 saturated carbocycles. The third-order valence-electron chi connectivity index (χ3n) is 3.63. The van der Waals surface area contributed by atoms with Gasteiger partial charge in [0.1, 0.15) is 4.60 Å². The van der Waals surface area contributed by atoms with Crippen molar-refractivity contribution in [2.24, 2.45) is 5.41 Å². The number of aromatic nitrogens is 1. The summed E-state index contributed by atoms with van der Waals surface area (Å²) >= 11 is 3.46. The highest BCUT2D eigenvalue weighted by Gasteiger charge is 2.48. The van der Waals surface area contributed by atoms with Crippen molar-refractivity contribution in [3.63, 3.8) is 0 Å². The predicted octanol–water partition coefficient (Wildman–Crippen LogP) is 3.46. The van der Waals surface area contributed by atoms with Gasteiger partial charge in [0, 0.05) is 24.3 Å². The van der Waals surface area contributed by atoms with E-state index in [-0.39, 0.29) is 5.41 Å². The molecule has 0 amide bonds. The van der Waals surface area contributed by atoms with Crippen molar-refractivity contribution in [1.29, 1.82) is 0 Å². The lowest BCUT2D eigenvalue weighted by molar-refractivity contribution is -0.0976. The van der Waals surface area contributed by atoms with Gasteiger partial charge in [0.05, 0.1) is 11.8 Å². The minimum Gasteiger partial charge on any atom is -0.379 e. The second-order valence-electron chi connectivity index (χ2n) is 5.04. The molecule has 0 spiro atoms. The normalized spacial score (nSPS) is 26.4. The minimum atomic E-state index is 0.172. The van der Waals surface area contributed by atoms with E-state index < -0.39 is 0 Å². The summed E-state index contributed by atoms with van der Waals surface area (Å²) in [6, 6.07) is 4.43. The molecule has 0 bridgehead atoms. The Hall–Kier alpha value is -0.610. The number of halogens is 1. The topological polar surface area (TPSA) is 34.1 Å². The van der Waals surface area contributed by atoms with Crippen molar-refractivity contribution in [1.82, 2.24) is 4.98 Å². The summed E-state index contributed by atoms with van der Waals surface area (Å²) in [4.78, 5) is 4.22. The molecule has 17 heavy (non-hydrogen) atoms. The van der Waals surface area contributed by atoms with E-state index in [0.29, 0.717) is 12.1 Å².